The molecule has 0 radical (unpaired) electrons. The van der Waals surface area contributed by atoms with E-state index in [-0.39, 0.29) is 17.5 Å². The highest BCUT2D eigenvalue weighted by Gasteiger charge is 2.34. The number of fused-ring (bicyclic) bond motifs is 1. The maximum absolute atomic E-state index is 13.0. The summed E-state index contributed by atoms with van der Waals surface area (Å²) in [6, 6.07) is 2.07. The van der Waals surface area contributed by atoms with E-state index in [1.807, 2.05) is 0 Å². The molecule has 1 aliphatic rings. The van der Waals surface area contributed by atoms with Crippen molar-refractivity contribution in [1.29, 1.82) is 0 Å². The lowest BCUT2D eigenvalue weighted by atomic mass is 10.1. The van der Waals surface area contributed by atoms with Crippen molar-refractivity contribution in [2.24, 2.45) is 7.05 Å². The van der Waals surface area contributed by atoms with Crippen LogP contribution in [-0.2, 0) is 26.2 Å². The second-order valence-electron chi connectivity index (χ2n) is 5.54. The fourth-order valence-corrected chi connectivity index (χ4v) is 2.78. The fraction of sp³-hybridized carbons (Fsp3) is 0.500. The summed E-state index contributed by atoms with van der Waals surface area (Å²) in [4.78, 5) is 15.7. The number of pyridine rings is 1. The molecule has 1 aliphatic heterocycles. The van der Waals surface area contributed by atoms with Crippen molar-refractivity contribution in [3.8, 4) is 0 Å². The highest BCUT2D eigenvalue weighted by Crippen LogP contribution is 2.34. The molecule has 0 amide bonds. The van der Waals surface area contributed by atoms with E-state index >= 15 is 0 Å². The summed E-state index contributed by atoms with van der Waals surface area (Å²) in [5, 5.41) is 7.03. The van der Waals surface area contributed by atoms with E-state index in [1.165, 1.54) is 16.9 Å². The number of halogens is 3. The van der Waals surface area contributed by atoms with Crippen molar-refractivity contribution >= 4 is 5.82 Å². The molecule has 0 saturated heterocycles. The number of nitrogens with one attached hydrogen (secondary N) is 1. The molecule has 0 aromatic carbocycles. The summed E-state index contributed by atoms with van der Waals surface area (Å²) in [7, 11) is 1.59. The van der Waals surface area contributed by atoms with Crippen molar-refractivity contribution in [3.63, 3.8) is 0 Å². The minimum Gasteiger partial charge on any atom is -0.367 e. The average molecular weight is 327 g/mol. The zero-order valence-electron chi connectivity index (χ0n) is 12.5. The molecule has 1 unspecified atom stereocenters. The lowest BCUT2D eigenvalue weighted by Gasteiger charge is -2.19. The Morgan fingerprint density at radius 2 is 2.13 bits per heavy atom. The van der Waals surface area contributed by atoms with E-state index in [4.69, 9.17) is 0 Å². The molecule has 0 saturated carbocycles. The largest absolute Gasteiger partial charge is 0.419 e. The van der Waals surface area contributed by atoms with Crippen LogP contribution in [0.25, 0.3) is 0 Å². The van der Waals surface area contributed by atoms with Gasteiger partial charge in [0.25, 0.3) is 0 Å². The van der Waals surface area contributed by atoms with Crippen LogP contribution in [0.4, 0.5) is 19.0 Å². The third kappa shape index (κ3) is 3.08. The normalized spacial score (nSPS) is 18.3. The number of rotatable bonds is 2. The SMILES string of the molecule is Cn1nc2n(c1=O)CCC(Nc1ncccc1C(F)(F)F)CC2. The zero-order chi connectivity index (χ0) is 16.6. The van der Waals surface area contributed by atoms with Gasteiger partial charge in [-0.1, -0.05) is 0 Å². The quantitative estimate of drug-likeness (QED) is 0.914. The fourth-order valence-electron chi connectivity index (χ4n) is 2.78. The Kier molecular flexibility index (Phi) is 3.87. The first kappa shape index (κ1) is 15.6. The Labute approximate surface area is 130 Å². The van der Waals surface area contributed by atoms with Crippen molar-refractivity contribution in [3.05, 3.63) is 40.2 Å². The average Bonchev–Trinajstić information content (AvgIpc) is 2.65. The zero-order valence-corrected chi connectivity index (χ0v) is 12.5. The van der Waals surface area contributed by atoms with Gasteiger partial charge in [0.2, 0.25) is 0 Å². The van der Waals surface area contributed by atoms with Crippen LogP contribution in [0.5, 0.6) is 0 Å². The van der Waals surface area contributed by atoms with Gasteiger partial charge in [0.1, 0.15) is 11.6 Å². The monoisotopic (exact) mass is 327 g/mol. The van der Waals surface area contributed by atoms with Gasteiger partial charge in [0, 0.05) is 32.3 Å². The van der Waals surface area contributed by atoms with E-state index in [0.29, 0.717) is 31.6 Å². The number of aromatic nitrogens is 4. The highest BCUT2D eigenvalue weighted by molar-refractivity contribution is 5.46. The van der Waals surface area contributed by atoms with Crippen molar-refractivity contribution in [1.82, 2.24) is 19.3 Å². The summed E-state index contributed by atoms with van der Waals surface area (Å²) >= 11 is 0. The van der Waals surface area contributed by atoms with Crippen LogP contribution >= 0.6 is 0 Å². The molecule has 2 aromatic heterocycles. The van der Waals surface area contributed by atoms with Crippen LogP contribution in [0.1, 0.15) is 24.2 Å². The van der Waals surface area contributed by atoms with Crippen LogP contribution < -0.4 is 11.0 Å². The number of hydrogen-bond donors (Lipinski definition) is 1. The number of anilines is 1. The molecule has 6 nitrogen and oxygen atoms in total. The topological polar surface area (TPSA) is 64.7 Å². The van der Waals surface area contributed by atoms with Gasteiger partial charge < -0.3 is 5.32 Å². The third-order valence-electron chi connectivity index (χ3n) is 3.96. The summed E-state index contributed by atoms with van der Waals surface area (Å²) < 4.78 is 41.9. The Bertz CT molecular complexity index is 765. The predicted octanol–water partition coefficient (Wildman–Crippen LogP) is 1.81. The molecule has 3 rings (SSSR count). The van der Waals surface area contributed by atoms with Gasteiger partial charge in [-0.15, -0.1) is 0 Å². The standard InChI is InChI=1S/C14H16F3N5O/c1-21-13(23)22-8-6-9(4-5-11(22)20-21)19-12-10(14(15,16)17)3-2-7-18-12/h2-3,7,9H,4-6,8H2,1H3,(H,18,19). The van der Waals surface area contributed by atoms with Crippen LogP contribution in [0.3, 0.4) is 0 Å². The molecule has 0 spiro atoms. The van der Waals surface area contributed by atoms with Gasteiger partial charge in [-0.05, 0) is 25.0 Å². The second-order valence-corrected chi connectivity index (χ2v) is 5.54. The first-order valence-corrected chi connectivity index (χ1v) is 7.27. The van der Waals surface area contributed by atoms with E-state index in [0.717, 1.165) is 6.07 Å². The van der Waals surface area contributed by atoms with E-state index in [2.05, 4.69) is 15.4 Å². The summed E-state index contributed by atoms with van der Waals surface area (Å²) in [6.07, 6.45) is -1.47. The Balaban J connectivity index is 1.78. The molecule has 0 aliphatic carbocycles. The molecule has 2 aromatic rings. The summed E-state index contributed by atoms with van der Waals surface area (Å²) in [5.41, 5.74) is -0.979. The van der Waals surface area contributed by atoms with Gasteiger partial charge in [0.15, 0.2) is 0 Å². The van der Waals surface area contributed by atoms with Gasteiger partial charge in [-0.3, -0.25) is 4.57 Å². The molecule has 23 heavy (non-hydrogen) atoms. The Morgan fingerprint density at radius 3 is 2.87 bits per heavy atom. The minimum atomic E-state index is -4.45. The molecular formula is C14H16F3N5O. The van der Waals surface area contributed by atoms with Crippen molar-refractivity contribution in [2.45, 2.75) is 38.0 Å². The number of aryl methyl sites for hydroxylation is 2. The maximum Gasteiger partial charge on any atom is 0.419 e. The van der Waals surface area contributed by atoms with E-state index in [1.54, 1.807) is 11.6 Å². The van der Waals surface area contributed by atoms with Crippen molar-refractivity contribution in [2.75, 3.05) is 5.32 Å². The minimum absolute atomic E-state index is 0.169. The molecule has 9 heteroatoms. The predicted molar refractivity (Wildman–Crippen MR) is 77.1 cm³/mol. The van der Waals surface area contributed by atoms with Crippen LogP contribution in [0.2, 0.25) is 0 Å². The van der Waals surface area contributed by atoms with Gasteiger partial charge >= 0.3 is 11.9 Å². The Morgan fingerprint density at radius 1 is 1.35 bits per heavy atom. The molecule has 0 bridgehead atoms. The smallest absolute Gasteiger partial charge is 0.367 e. The summed E-state index contributed by atoms with van der Waals surface area (Å²) in [6.45, 7) is 0.424. The lowest BCUT2D eigenvalue weighted by Crippen LogP contribution is -2.26. The van der Waals surface area contributed by atoms with Crippen molar-refractivity contribution < 1.29 is 13.2 Å². The van der Waals surface area contributed by atoms with Crippen LogP contribution in [0.15, 0.2) is 23.1 Å². The molecule has 124 valence electrons. The Hall–Kier alpha value is -2.32. The second kappa shape index (κ2) is 5.71. The molecule has 1 N–H and O–H groups in total. The highest BCUT2D eigenvalue weighted by atomic mass is 19.4. The maximum atomic E-state index is 13.0. The number of alkyl halides is 3. The van der Waals surface area contributed by atoms with Crippen LogP contribution in [0, 0.1) is 0 Å². The lowest BCUT2D eigenvalue weighted by molar-refractivity contribution is -0.137. The van der Waals surface area contributed by atoms with E-state index in [9.17, 15) is 18.0 Å². The van der Waals surface area contributed by atoms with Crippen LogP contribution in [-0.4, -0.2) is 25.4 Å². The summed E-state index contributed by atoms with van der Waals surface area (Å²) in [5.74, 6) is 0.497. The van der Waals surface area contributed by atoms with E-state index < -0.39 is 11.7 Å². The number of hydrogen-bond acceptors (Lipinski definition) is 4. The third-order valence-corrected chi connectivity index (χ3v) is 3.96. The molecule has 1 atom stereocenters. The first-order valence-electron chi connectivity index (χ1n) is 7.27. The van der Waals surface area contributed by atoms with Gasteiger partial charge in [-0.25, -0.2) is 14.5 Å². The molecular weight excluding hydrogens is 311 g/mol. The molecule has 3 heterocycles. The number of nitrogens with zero attached hydrogens (tertiary/aromatic N) is 4. The van der Waals surface area contributed by atoms with Gasteiger partial charge in [-0.2, -0.15) is 18.3 Å². The first-order chi connectivity index (χ1) is 10.9. The molecule has 0 fully saturated rings. The van der Waals surface area contributed by atoms with Gasteiger partial charge in [0.05, 0.1) is 5.56 Å².